The lowest BCUT2D eigenvalue weighted by atomic mass is 10.0. The molecule has 0 atom stereocenters. The monoisotopic (exact) mass is 489 g/mol. The first kappa shape index (κ1) is 25.5. The Morgan fingerprint density at radius 1 is 1.00 bits per heavy atom. The van der Waals surface area contributed by atoms with Gasteiger partial charge >= 0.3 is 0 Å². The van der Waals surface area contributed by atoms with Crippen LogP contribution in [0.2, 0.25) is 0 Å². The molecule has 1 heterocycles. The number of hydrogen-bond donors (Lipinski definition) is 1. The number of methoxy groups -OCH3 is 2. The van der Waals surface area contributed by atoms with Gasteiger partial charge in [0.05, 0.1) is 30.4 Å². The van der Waals surface area contributed by atoms with Gasteiger partial charge in [0.2, 0.25) is 10.0 Å². The highest BCUT2D eigenvalue weighted by atomic mass is 32.2. The van der Waals surface area contributed by atoms with Crippen molar-refractivity contribution < 1.29 is 27.5 Å². The van der Waals surface area contributed by atoms with Crippen molar-refractivity contribution in [1.82, 2.24) is 9.21 Å². The molecule has 0 spiro atoms. The molecule has 0 radical (unpaired) electrons. The van der Waals surface area contributed by atoms with E-state index in [0.29, 0.717) is 30.5 Å². The number of nitrogens with zero attached hydrogens (tertiary/aromatic N) is 2. The van der Waals surface area contributed by atoms with Gasteiger partial charge in [0, 0.05) is 38.8 Å². The number of carbonyl (C=O) groups excluding carboxylic acids is 2. The Labute approximate surface area is 200 Å². The molecule has 184 valence electrons. The molecule has 10 heteroatoms. The summed E-state index contributed by atoms with van der Waals surface area (Å²) in [5, 5.41) is 2.73. The average molecular weight is 490 g/mol. The lowest BCUT2D eigenvalue weighted by Crippen LogP contribution is -2.37. The number of ether oxygens (including phenoxy) is 2. The molecule has 0 unspecified atom stereocenters. The second kappa shape index (κ2) is 10.4. The van der Waals surface area contributed by atoms with Crippen LogP contribution < -0.4 is 14.8 Å². The van der Waals surface area contributed by atoms with Crippen LogP contribution in [-0.4, -0.2) is 70.8 Å². The number of anilines is 1. The van der Waals surface area contributed by atoms with E-state index in [-0.39, 0.29) is 27.6 Å². The van der Waals surface area contributed by atoms with E-state index in [1.54, 1.807) is 14.1 Å². The number of rotatable bonds is 7. The van der Waals surface area contributed by atoms with E-state index < -0.39 is 15.9 Å². The number of benzene rings is 2. The van der Waals surface area contributed by atoms with Crippen LogP contribution in [-0.2, 0) is 10.0 Å². The van der Waals surface area contributed by atoms with Gasteiger partial charge in [-0.25, -0.2) is 8.42 Å². The third-order valence-corrected chi connectivity index (χ3v) is 7.82. The lowest BCUT2D eigenvalue weighted by molar-refractivity contribution is 0.0828. The highest BCUT2D eigenvalue weighted by Crippen LogP contribution is 2.34. The van der Waals surface area contributed by atoms with Gasteiger partial charge in [-0.3, -0.25) is 9.59 Å². The molecule has 1 fully saturated rings. The fraction of sp³-hybridized carbons (Fsp3) is 0.417. The zero-order chi connectivity index (χ0) is 25.0. The van der Waals surface area contributed by atoms with Crippen LogP contribution in [0.5, 0.6) is 11.5 Å². The highest BCUT2D eigenvalue weighted by molar-refractivity contribution is 7.89. The van der Waals surface area contributed by atoms with Crippen LogP contribution >= 0.6 is 0 Å². The Hall–Kier alpha value is -3.11. The molecule has 9 nitrogen and oxygen atoms in total. The molecule has 34 heavy (non-hydrogen) atoms. The quantitative estimate of drug-likeness (QED) is 0.641. The largest absolute Gasteiger partial charge is 0.493 e. The summed E-state index contributed by atoms with van der Waals surface area (Å²) in [4.78, 5) is 27.2. The Bertz CT molecular complexity index is 1150. The Morgan fingerprint density at radius 2 is 1.56 bits per heavy atom. The van der Waals surface area contributed by atoms with Gasteiger partial charge in [-0.2, -0.15) is 4.31 Å². The van der Waals surface area contributed by atoms with Gasteiger partial charge < -0.3 is 19.7 Å². The number of piperidine rings is 1. The van der Waals surface area contributed by atoms with Crippen molar-refractivity contribution in [3.8, 4) is 11.5 Å². The van der Waals surface area contributed by atoms with Gasteiger partial charge in [0.25, 0.3) is 11.8 Å². The fourth-order valence-corrected chi connectivity index (χ4v) is 5.22. The summed E-state index contributed by atoms with van der Waals surface area (Å²) < 4.78 is 38.0. The van der Waals surface area contributed by atoms with E-state index in [2.05, 4.69) is 12.2 Å². The second-order valence-electron chi connectivity index (χ2n) is 8.52. The molecule has 3 rings (SSSR count). The third-order valence-electron chi connectivity index (χ3n) is 5.91. The van der Waals surface area contributed by atoms with Crippen LogP contribution in [0.4, 0.5) is 5.69 Å². The van der Waals surface area contributed by atoms with E-state index in [4.69, 9.17) is 9.47 Å². The molecule has 0 aromatic heterocycles. The number of sulfonamides is 1. The summed E-state index contributed by atoms with van der Waals surface area (Å²) in [6.45, 7) is 3.11. The molecule has 1 N–H and O–H groups in total. The molecule has 1 aliphatic heterocycles. The second-order valence-corrected chi connectivity index (χ2v) is 10.5. The number of carbonyl (C=O) groups is 2. The number of hydrogen-bond acceptors (Lipinski definition) is 6. The molecular formula is C24H31N3O6S. The lowest BCUT2D eigenvalue weighted by Gasteiger charge is -2.29. The van der Waals surface area contributed by atoms with E-state index in [1.165, 1.54) is 59.8 Å². The van der Waals surface area contributed by atoms with Crippen LogP contribution in [0, 0.1) is 5.92 Å². The van der Waals surface area contributed by atoms with Crippen LogP contribution in [0.1, 0.15) is 40.5 Å². The first-order valence-electron chi connectivity index (χ1n) is 11.0. The van der Waals surface area contributed by atoms with Crippen molar-refractivity contribution in [2.45, 2.75) is 24.7 Å². The molecule has 0 bridgehead atoms. The zero-order valence-electron chi connectivity index (χ0n) is 20.1. The molecule has 1 saturated heterocycles. The summed E-state index contributed by atoms with van der Waals surface area (Å²) in [6.07, 6.45) is 1.66. The number of amides is 2. The Morgan fingerprint density at radius 3 is 2.09 bits per heavy atom. The van der Waals surface area contributed by atoms with Gasteiger partial charge in [0.15, 0.2) is 11.5 Å². The summed E-state index contributed by atoms with van der Waals surface area (Å²) >= 11 is 0. The molecule has 2 amide bonds. The van der Waals surface area contributed by atoms with E-state index in [1.807, 2.05) is 0 Å². The van der Waals surface area contributed by atoms with Crippen molar-refractivity contribution in [2.24, 2.45) is 5.92 Å². The van der Waals surface area contributed by atoms with Gasteiger partial charge in [0.1, 0.15) is 0 Å². The Kier molecular flexibility index (Phi) is 7.83. The van der Waals surface area contributed by atoms with E-state index >= 15 is 0 Å². The molecule has 2 aromatic carbocycles. The van der Waals surface area contributed by atoms with Gasteiger partial charge in [-0.05, 0) is 49.1 Å². The smallest absolute Gasteiger partial charge is 0.255 e. The topological polar surface area (TPSA) is 105 Å². The molecule has 0 aliphatic carbocycles. The minimum atomic E-state index is -3.61. The van der Waals surface area contributed by atoms with Crippen LogP contribution in [0.3, 0.4) is 0 Å². The maximum Gasteiger partial charge on any atom is 0.255 e. The van der Waals surface area contributed by atoms with Crippen molar-refractivity contribution in [3.05, 3.63) is 47.5 Å². The maximum atomic E-state index is 12.9. The van der Waals surface area contributed by atoms with Crippen LogP contribution in [0.25, 0.3) is 0 Å². The van der Waals surface area contributed by atoms with Crippen molar-refractivity contribution >= 4 is 27.5 Å². The van der Waals surface area contributed by atoms with Crippen molar-refractivity contribution in [1.29, 1.82) is 0 Å². The van der Waals surface area contributed by atoms with E-state index in [9.17, 15) is 18.0 Å². The molecule has 0 saturated carbocycles. The first-order chi connectivity index (χ1) is 16.1. The van der Waals surface area contributed by atoms with Crippen molar-refractivity contribution in [3.63, 3.8) is 0 Å². The summed E-state index contributed by atoms with van der Waals surface area (Å²) in [5.41, 5.74) is 0.735. The predicted octanol–water partition coefficient (Wildman–Crippen LogP) is 3.08. The average Bonchev–Trinajstić information content (AvgIpc) is 2.83. The minimum absolute atomic E-state index is 0.146. The van der Waals surface area contributed by atoms with Gasteiger partial charge in [-0.15, -0.1) is 0 Å². The SMILES string of the molecule is COc1cc(NC(=O)c2ccc(S(=O)(=O)N3CCC(C)CC3)cc2)c(C(=O)N(C)C)cc1OC. The van der Waals surface area contributed by atoms with Gasteiger partial charge in [-0.1, -0.05) is 6.92 Å². The summed E-state index contributed by atoms with van der Waals surface area (Å²) in [7, 11) is 2.51. The van der Waals surface area contributed by atoms with E-state index in [0.717, 1.165) is 12.8 Å². The highest BCUT2D eigenvalue weighted by Gasteiger charge is 2.28. The first-order valence-corrected chi connectivity index (χ1v) is 12.4. The minimum Gasteiger partial charge on any atom is -0.493 e. The fourth-order valence-electron chi connectivity index (χ4n) is 3.75. The normalized spacial score (nSPS) is 15.0. The standard InChI is InChI=1S/C24H31N3O6S/c1-16-10-12-27(13-11-16)34(30,31)18-8-6-17(7-9-18)23(28)25-20-15-22(33-5)21(32-4)14-19(20)24(29)26(2)3/h6-9,14-16H,10-13H2,1-5H3,(H,25,28). The summed E-state index contributed by atoms with van der Waals surface area (Å²) in [6, 6.07) is 8.81. The molecule has 2 aromatic rings. The predicted molar refractivity (Wildman–Crippen MR) is 129 cm³/mol. The Balaban J connectivity index is 1.85. The molecular weight excluding hydrogens is 458 g/mol. The summed E-state index contributed by atoms with van der Waals surface area (Å²) in [5.74, 6) is 0.403. The maximum absolute atomic E-state index is 12.9. The van der Waals surface area contributed by atoms with Crippen molar-refractivity contribution in [2.75, 3.05) is 46.7 Å². The number of nitrogens with one attached hydrogen (secondary N) is 1. The molecule has 1 aliphatic rings. The zero-order valence-corrected chi connectivity index (χ0v) is 20.9. The van der Waals surface area contributed by atoms with Crippen LogP contribution in [0.15, 0.2) is 41.3 Å². The third kappa shape index (κ3) is 5.34.